The maximum absolute atomic E-state index is 13.0. The van der Waals surface area contributed by atoms with E-state index in [0.717, 1.165) is 10.0 Å². The second-order valence-corrected chi connectivity index (χ2v) is 5.49. The third-order valence-electron chi connectivity index (χ3n) is 3.01. The number of benzene rings is 2. The highest BCUT2D eigenvalue weighted by atomic mass is 79.9. The molecule has 0 saturated carbocycles. The van der Waals surface area contributed by atoms with Crippen LogP contribution in [-0.2, 0) is 4.79 Å². The van der Waals surface area contributed by atoms with Crippen molar-refractivity contribution in [1.82, 2.24) is 5.32 Å². The van der Waals surface area contributed by atoms with Crippen molar-refractivity contribution in [3.05, 3.63) is 76.0 Å². The van der Waals surface area contributed by atoms with Crippen LogP contribution in [0.4, 0.5) is 4.39 Å². The van der Waals surface area contributed by atoms with E-state index in [2.05, 4.69) is 21.2 Å². The van der Waals surface area contributed by atoms with E-state index in [-0.39, 0.29) is 17.8 Å². The van der Waals surface area contributed by atoms with E-state index in [1.165, 1.54) is 18.2 Å². The Labute approximate surface area is 131 Å². The molecule has 2 rings (SSSR count). The summed E-state index contributed by atoms with van der Waals surface area (Å²) in [4.78, 5) is 11.9. The molecule has 4 heteroatoms. The van der Waals surface area contributed by atoms with Gasteiger partial charge in [-0.3, -0.25) is 4.79 Å². The minimum atomic E-state index is -0.320. The van der Waals surface area contributed by atoms with E-state index in [4.69, 9.17) is 0 Å². The molecule has 0 aromatic heterocycles. The van der Waals surface area contributed by atoms with Crippen molar-refractivity contribution in [1.29, 1.82) is 0 Å². The summed E-state index contributed by atoms with van der Waals surface area (Å²) in [6.07, 6.45) is 2.99. The minimum absolute atomic E-state index is 0.120. The minimum Gasteiger partial charge on any atom is -0.346 e. The van der Waals surface area contributed by atoms with Crippen molar-refractivity contribution in [2.24, 2.45) is 0 Å². The van der Waals surface area contributed by atoms with Crippen LogP contribution in [0, 0.1) is 5.82 Å². The molecule has 2 nitrogen and oxygen atoms in total. The topological polar surface area (TPSA) is 29.1 Å². The molecule has 0 fully saturated rings. The smallest absolute Gasteiger partial charge is 0.244 e. The number of halogens is 2. The van der Waals surface area contributed by atoms with E-state index in [9.17, 15) is 9.18 Å². The van der Waals surface area contributed by atoms with Crippen LogP contribution in [-0.4, -0.2) is 5.91 Å². The fourth-order valence-corrected chi connectivity index (χ4v) is 2.58. The highest BCUT2D eigenvalue weighted by Gasteiger charge is 2.10. The first-order valence-electron chi connectivity index (χ1n) is 6.55. The standard InChI is InChI=1S/C17H15BrFNO/c1-12(15-7-2-3-8-16(15)18)20-17(21)10-9-13-5-4-6-14(19)11-13/h2-12H,1H3,(H,20,21)/b10-9+/t12-/m1/s1. The Morgan fingerprint density at radius 3 is 2.71 bits per heavy atom. The Balaban J connectivity index is 2.00. The maximum atomic E-state index is 13.0. The van der Waals surface area contributed by atoms with E-state index >= 15 is 0 Å². The molecule has 108 valence electrons. The molecule has 0 unspecified atom stereocenters. The summed E-state index contributed by atoms with van der Waals surface area (Å²) in [7, 11) is 0. The van der Waals surface area contributed by atoms with Gasteiger partial charge in [-0.2, -0.15) is 0 Å². The first kappa shape index (κ1) is 15.4. The Morgan fingerprint density at radius 2 is 2.00 bits per heavy atom. The molecular formula is C17H15BrFNO. The lowest BCUT2D eigenvalue weighted by Gasteiger charge is -2.14. The zero-order valence-electron chi connectivity index (χ0n) is 11.5. The van der Waals surface area contributed by atoms with Crippen molar-refractivity contribution in [3.8, 4) is 0 Å². The summed E-state index contributed by atoms with van der Waals surface area (Å²) < 4.78 is 14.0. The number of carbonyl (C=O) groups is 1. The van der Waals surface area contributed by atoms with Gasteiger partial charge in [0, 0.05) is 10.5 Å². The number of hydrogen-bond acceptors (Lipinski definition) is 1. The predicted octanol–water partition coefficient (Wildman–Crippen LogP) is 4.48. The molecule has 1 atom stereocenters. The van der Waals surface area contributed by atoms with Gasteiger partial charge in [0.1, 0.15) is 5.82 Å². The van der Waals surface area contributed by atoms with Crippen molar-refractivity contribution >= 4 is 27.9 Å². The Morgan fingerprint density at radius 1 is 1.24 bits per heavy atom. The Bertz CT molecular complexity index is 669. The summed E-state index contributed by atoms with van der Waals surface area (Å²) >= 11 is 3.46. The zero-order chi connectivity index (χ0) is 15.2. The van der Waals surface area contributed by atoms with Crippen molar-refractivity contribution < 1.29 is 9.18 Å². The second-order valence-electron chi connectivity index (χ2n) is 4.64. The van der Waals surface area contributed by atoms with Crippen molar-refractivity contribution in [2.75, 3.05) is 0 Å². The molecule has 0 aliphatic heterocycles. The summed E-state index contributed by atoms with van der Waals surface area (Å²) in [5, 5.41) is 2.87. The molecule has 0 spiro atoms. The van der Waals surface area contributed by atoms with Crippen LogP contribution in [0.1, 0.15) is 24.1 Å². The van der Waals surface area contributed by atoms with Gasteiger partial charge in [0.15, 0.2) is 0 Å². The van der Waals surface area contributed by atoms with E-state index in [0.29, 0.717) is 5.56 Å². The van der Waals surface area contributed by atoms with Gasteiger partial charge in [-0.1, -0.05) is 46.3 Å². The third-order valence-corrected chi connectivity index (χ3v) is 3.73. The van der Waals surface area contributed by atoms with Gasteiger partial charge in [0.25, 0.3) is 0 Å². The van der Waals surface area contributed by atoms with Gasteiger partial charge in [0.2, 0.25) is 5.91 Å². The molecule has 1 N–H and O–H groups in total. The van der Waals surface area contributed by atoms with Crippen molar-refractivity contribution in [2.45, 2.75) is 13.0 Å². The lowest BCUT2D eigenvalue weighted by molar-refractivity contribution is -0.117. The van der Waals surface area contributed by atoms with E-state index in [1.54, 1.807) is 18.2 Å². The number of carbonyl (C=O) groups excluding carboxylic acids is 1. The van der Waals surface area contributed by atoms with Crippen LogP contribution in [0.25, 0.3) is 6.08 Å². The van der Waals surface area contributed by atoms with Crippen LogP contribution in [0.5, 0.6) is 0 Å². The largest absolute Gasteiger partial charge is 0.346 e. The lowest BCUT2D eigenvalue weighted by atomic mass is 10.1. The molecule has 0 bridgehead atoms. The molecule has 0 saturated heterocycles. The van der Waals surface area contributed by atoms with Crippen molar-refractivity contribution in [3.63, 3.8) is 0 Å². The van der Waals surface area contributed by atoms with Gasteiger partial charge in [-0.25, -0.2) is 4.39 Å². The summed E-state index contributed by atoms with van der Waals surface area (Å²) in [6, 6.07) is 13.7. The number of amides is 1. The van der Waals surface area contributed by atoms with Gasteiger partial charge < -0.3 is 5.32 Å². The van der Waals surface area contributed by atoms with Gasteiger partial charge in [0.05, 0.1) is 6.04 Å². The predicted molar refractivity (Wildman–Crippen MR) is 86.1 cm³/mol. The lowest BCUT2D eigenvalue weighted by Crippen LogP contribution is -2.24. The van der Waals surface area contributed by atoms with E-state index < -0.39 is 0 Å². The molecule has 2 aromatic carbocycles. The van der Waals surface area contributed by atoms with Crippen LogP contribution in [0.2, 0.25) is 0 Å². The molecular weight excluding hydrogens is 333 g/mol. The average molecular weight is 348 g/mol. The molecule has 0 aliphatic rings. The SMILES string of the molecule is C[C@@H](NC(=O)/C=C/c1cccc(F)c1)c1ccccc1Br. The summed E-state index contributed by atoms with van der Waals surface area (Å²) in [5.74, 6) is -0.540. The fourth-order valence-electron chi connectivity index (χ4n) is 1.95. The average Bonchev–Trinajstić information content (AvgIpc) is 2.45. The zero-order valence-corrected chi connectivity index (χ0v) is 13.1. The number of nitrogens with one attached hydrogen (secondary N) is 1. The first-order valence-corrected chi connectivity index (χ1v) is 7.34. The number of rotatable bonds is 4. The Hall–Kier alpha value is -1.94. The monoisotopic (exact) mass is 347 g/mol. The van der Waals surface area contributed by atoms with Crippen LogP contribution in [0.3, 0.4) is 0 Å². The fraction of sp³-hybridized carbons (Fsp3) is 0.118. The molecule has 0 heterocycles. The second kappa shape index (κ2) is 7.18. The molecule has 2 aromatic rings. The van der Waals surface area contributed by atoms with Gasteiger partial charge in [-0.05, 0) is 42.3 Å². The van der Waals surface area contributed by atoms with Crippen LogP contribution < -0.4 is 5.32 Å². The van der Waals surface area contributed by atoms with E-state index in [1.807, 2.05) is 31.2 Å². The van der Waals surface area contributed by atoms with Gasteiger partial charge >= 0.3 is 0 Å². The Kier molecular flexibility index (Phi) is 5.28. The number of hydrogen-bond donors (Lipinski definition) is 1. The highest BCUT2D eigenvalue weighted by molar-refractivity contribution is 9.10. The van der Waals surface area contributed by atoms with Crippen LogP contribution in [0.15, 0.2) is 59.1 Å². The normalized spacial score (nSPS) is 12.3. The molecule has 21 heavy (non-hydrogen) atoms. The van der Waals surface area contributed by atoms with Gasteiger partial charge in [-0.15, -0.1) is 0 Å². The summed E-state index contributed by atoms with van der Waals surface area (Å²) in [6.45, 7) is 1.91. The maximum Gasteiger partial charge on any atom is 0.244 e. The summed E-state index contributed by atoms with van der Waals surface area (Å²) in [5.41, 5.74) is 1.66. The molecule has 0 aliphatic carbocycles. The first-order chi connectivity index (χ1) is 10.1. The molecule has 1 amide bonds. The molecule has 0 radical (unpaired) electrons. The van der Waals surface area contributed by atoms with Crippen LogP contribution >= 0.6 is 15.9 Å². The highest BCUT2D eigenvalue weighted by Crippen LogP contribution is 2.22. The quantitative estimate of drug-likeness (QED) is 0.811. The third kappa shape index (κ3) is 4.53.